The number of nitrogens with two attached hydrogens (primary N) is 1. The van der Waals surface area contributed by atoms with Crippen molar-refractivity contribution in [1.29, 1.82) is 0 Å². The highest BCUT2D eigenvalue weighted by Gasteiger charge is 2.14. The van der Waals surface area contributed by atoms with Gasteiger partial charge in [-0.1, -0.05) is 67.6 Å². The summed E-state index contributed by atoms with van der Waals surface area (Å²) in [5.41, 5.74) is 10.3. The van der Waals surface area contributed by atoms with Gasteiger partial charge in [0.2, 0.25) is 0 Å². The third kappa shape index (κ3) is 4.92. The van der Waals surface area contributed by atoms with Crippen molar-refractivity contribution >= 4 is 15.9 Å². The Bertz CT molecular complexity index is 377. The molecule has 0 heterocycles. The molecule has 0 aromatic heterocycles. The third-order valence-corrected chi connectivity index (χ3v) is 5.27. The largest absolute Gasteiger partial charge is 0.324 e. The molecule has 0 fully saturated rings. The molecule has 0 radical (unpaired) electrons. The second-order valence-corrected chi connectivity index (χ2v) is 6.52. The summed E-state index contributed by atoms with van der Waals surface area (Å²) in [6, 6.07) is 4.63. The zero-order chi connectivity index (χ0) is 14.4. The summed E-state index contributed by atoms with van der Waals surface area (Å²) in [6.07, 6.45) is 6.26. The molecule has 1 aromatic carbocycles. The van der Waals surface area contributed by atoms with Crippen molar-refractivity contribution in [3.63, 3.8) is 0 Å². The van der Waals surface area contributed by atoms with Gasteiger partial charge in [0.05, 0.1) is 0 Å². The zero-order valence-corrected chi connectivity index (χ0v) is 14.4. The summed E-state index contributed by atoms with van der Waals surface area (Å²) < 4.78 is 1.21. The van der Waals surface area contributed by atoms with E-state index < -0.39 is 0 Å². The van der Waals surface area contributed by atoms with Gasteiger partial charge in [-0.3, -0.25) is 0 Å². The lowest BCUT2D eigenvalue weighted by Crippen LogP contribution is -2.16. The van der Waals surface area contributed by atoms with Gasteiger partial charge in [0, 0.05) is 10.5 Å². The molecule has 19 heavy (non-hydrogen) atoms. The Balaban J connectivity index is 2.74. The SMILES string of the molecule is CCCCC(CC)CC(N)c1cc(C)c(Br)c(C)c1. The van der Waals surface area contributed by atoms with Gasteiger partial charge in [0.25, 0.3) is 0 Å². The van der Waals surface area contributed by atoms with E-state index in [-0.39, 0.29) is 6.04 Å². The maximum absolute atomic E-state index is 6.42. The van der Waals surface area contributed by atoms with Crippen LogP contribution in [0.15, 0.2) is 16.6 Å². The summed E-state index contributed by atoms with van der Waals surface area (Å²) in [4.78, 5) is 0. The molecule has 0 saturated carbocycles. The fraction of sp³-hybridized carbons (Fsp3) is 0.647. The molecule has 0 bridgehead atoms. The van der Waals surface area contributed by atoms with E-state index in [9.17, 15) is 0 Å². The first-order chi connectivity index (χ1) is 8.99. The molecule has 2 unspecified atom stereocenters. The quantitative estimate of drug-likeness (QED) is 0.686. The molecule has 2 atom stereocenters. The third-order valence-electron chi connectivity index (χ3n) is 4.02. The number of rotatable bonds is 7. The topological polar surface area (TPSA) is 26.0 Å². The van der Waals surface area contributed by atoms with E-state index >= 15 is 0 Å². The molecule has 0 aliphatic rings. The first-order valence-electron chi connectivity index (χ1n) is 7.51. The number of halogens is 1. The monoisotopic (exact) mass is 325 g/mol. The highest BCUT2D eigenvalue weighted by Crippen LogP contribution is 2.29. The van der Waals surface area contributed by atoms with Crippen molar-refractivity contribution in [2.24, 2.45) is 11.7 Å². The average Bonchev–Trinajstić information content (AvgIpc) is 2.39. The lowest BCUT2D eigenvalue weighted by atomic mass is 9.89. The van der Waals surface area contributed by atoms with Gasteiger partial charge in [-0.15, -0.1) is 0 Å². The molecule has 2 N–H and O–H groups in total. The standard InChI is InChI=1S/C17H28BrN/c1-5-7-8-14(6-2)11-16(19)15-9-12(3)17(18)13(4)10-15/h9-10,14,16H,5-8,11,19H2,1-4H3. The molecular weight excluding hydrogens is 298 g/mol. The Labute approximate surface area is 127 Å². The Hall–Kier alpha value is -0.340. The van der Waals surface area contributed by atoms with Crippen LogP contribution in [0.2, 0.25) is 0 Å². The van der Waals surface area contributed by atoms with Crippen molar-refractivity contribution in [3.05, 3.63) is 33.3 Å². The van der Waals surface area contributed by atoms with E-state index in [1.807, 2.05) is 0 Å². The fourth-order valence-corrected chi connectivity index (χ4v) is 2.90. The molecule has 0 saturated heterocycles. The second-order valence-electron chi connectivity index (χ2n) is 5.73. The minimum atomic E-state index is 0.173. The average molecular weight is 326 g/mol. The van der Waals surface area contributed by atoms with Crippen molar-refractivity contribution in [1.82, 2.24) is 0 Å². The number of hydrogen-bond donors (Lipinski definition) is 1. The van der Waals surface area contributed by atoms with Crippen LogP contribution in [0.3, 0.4) is 0 Å². The Morgan fingerprint density at radius 1 is 1.16 bits per heavy atom. The van der Waals surface area contributed by atoms with E-state index in [0.717, 1.165) is 12.3 Å². The molecule has 0 spiro atoms. The van der Waals surface area contributed by atoms with Crippen molar-refractivity contribution < 1.29 is 0 Å². The van der Waals surface area contributed by atoms with Gasteiger partial charge in [-0.05, 0) is 42.9 Å². The molecule has 1 nitrogen and oxygen atoms in total. The normalized spacial score (nSPS) is 14.4. The predicted octanol–water partition coefficient (Wildman–Crippen LogP) is 5.67. The van der Waals surface area contributed by atoms with Crippen LogP contribution < -0.4 is 5.73 Å². The summed E-state index contributed by atoms with van der Waals surface area (Å²) in [6.45, 7) is 8.82. The molecule has 0 amide bonds. The van der Waals surface area contributed by atoms with Gasteiger partial charge in [0.15, 0.2) is 0 Å². The van der Waals surface area contributed by atoms with E-state index in [0.29, 0.717) is 0 Å². The summed E-state index contributed by atoms with van der Waals surface area (Å²) in [5.74, 6) is 0.763. The van der Waals surface area contributed by atoms with Crippen LogP contribution in [-0.4, -0.2) is 0 Å². The predicted molar refractivity (Wildman–Crippen MR) is 88.5 cm³/mol. The van der Waals surface area contributed by atoms with Crippen LogP contribution in [0.5, 0.6) is 0 Å². The van der Waals surface area contributed by atoms with Crippen molar-refractivity contribution in [2.75, 3.05) is 0 Å². The molecule has 1 rings (SSSR count). The number of benzene rings is 1. The van der Waals surface area contributed by atoms with E-state index in [2.05, 4.69) is 55.8 Å². The Morgan fingerprint density at radius 2 is 1.74 bits per heavy atom. The number of hydrogen-bond acceptors (Lipinski definition) is 1. The minimum absolute atomic E-state index is 0.173. The molecular formula is C17H28BrN. The molecule has 0 aliphatic carbocycles. The van der Waals surface area contributed by atoms with Crippen LogP contribution in [0, 0.1) is 19.8 Å². The summed E-state index contributed by atoms with van der Waals surface area (Å²) in [5, 5.41) is 0. The minimum Gasteiger partial charge on any atom is -0.324 e. The first-order valence-corrected chi connectivity index (χ1v) is 8.31. The van der Waals surface area contributed by atoms with Gasteiger partial charge in [-0.25, -0.2) is 0 Å². The second kappa shape index (κ2) is 8.06. The van der Waals surface area contributed by atoms with Crippen LogP contribution in [0.4, 0.5) is 0 Å². The molecule has 1 aromatic rings. The maximum atomic E-state index is 6.42. The zero-order valence-electron chi connectivity index (χ0n) is 12.8. The number of unbranched alkanes of at least 4 members (excludes halogenated alkanes) is 1. The highest BCUT2D eigenvalue weighted by molar-refractivity contribution is 9.10. The summed E-state index contributed by atoms with van der Waals surface area (Å²) >= 11 is 3.62. The molecule has 2 heteroatoms. The van der Waals surface area contributed by atoms with Gasteiger partial charge in [0.1, 0.15) is 0 Å². The van der Waals surface area contributed by atoms with E-state index in [4.69, 9.17) is 5.73 Å². The van der Waals surface area contributed by atoms with Gasteiger partial charge >= 0.3 is 0 Å². The first kappa shape index (κ1) is 16.7. The van der Waals surface area contributed by atoms with Crippen LogP contribution in [-0.2, 0) is 0 Å². The maximum Gasteiger partial charge on any atom is 0.0297 e. The van der Waals surface area contributed by atoms with Crippen LogP contribution >= 0.6 is 15.9 Å². The lowest BCUT2D eigenvalue weighted by molar-refractivity contribution is 0.388. The number of aryl methyl sites for hydroxylation is 2. The fourth-order valence-electron chi connectivity index (χ4n) is 2.67. The van der Waals surface area contributed by atoms with E-state index in [1.165, 1.54) is 46.8 Å². The Morgan fingerprint density at radius 3 is 2.21 bits per heavy atom. The van der Waals surface area contributed by atoms with Crippen LogP contribution in [0.1, 0.15) is 68.7 Å². The van der Waals surface area contributed by atoms with Gasteiger partial charge in [-0.2, -0.15) is 0 Å². The summed E-state index contributed by atoms with van der Waals surface area (Å²) in [7, 11) is 0. The highest BCUT2D eigenvalue weighted by atomic mass is 79.9. The molecule has 108 valence electrons. The van der Waals surface area contributed by atoms with Crippen molar-refractivity contribution in [3.8, 4) is 0 Å². The Kier molecular flexibility index (Phi) is 7.09. The van der Waals surface area contributed by atoms with Crippen LogP contribution in [0.25, 0.3) is 0 Å². The lowest BCUT2D eigenvalue weighted by Gasteiger charge is -2.21. The molecule has 0 aliphatic heterocycles. The van der Waals surface area contributed by atoms with E-state index in [1.54, 1.807) is 0 Å². The smallest absolute Gasteiger partial charge is 0.0297 e. The van der Waals surface area contributed by atoms with Gasteiger partial charge < -0.3 is 5.73 Å². The van der Waals surface area contributed by atoms with Crippen molar-refractivity contribution in [2.45, 2.75) is 65.8 Å².